The monoisotopic (exact) mass is 371 g/mol. The van der Waals surface area contributed by atoms with Crippen molar-refractivity contribution < 1.29 is 9.50 Å². The van der Waals surface area contributed by atoms with E-state index in [0.29, 0.717) is 4.90 Å². The molecular formula is C20H22FN3OS. The molecule has 2 unspecified atom stereocenters. The smallest absolute Gasteiger partial charge is 0.174 e. The molecule has 6 heteroatoms. The second-order valence-electron chi connectivity index (χ2n) is 7.01. The predicted octanol–water partition coefficient (Wildman–Crippen LogP) is 4.60. The Hall–Kier alpha value is -1.92. The lowest BCUT2D eigenvalue weighted by Crippen LogP contribution is -2.36. The minimum atomic E-state index is -0.285. The summed E-state index contributed by atoms with van der Waals surface area (Å²) in [7, 11) is 0. The van der Waals surface area contributed by atoms with Crippen molar-refractivity contribution in [3.8, 4) is 0 Å². The van der Waals surface area contributed by atoms with Crippen LogP contribution in [0.25, 0.3) is 5.65 Å². The van der Waals surface area contributed by atoms with E-state index < -0.39 is 0 Å². The standard InChI is InChI=1S/C20H22FN3OS/c1-2-20(11-5-7-14(25)13-20)19-23-22-18-17(10-6-12-24(18)19)26-16-9-4-3-8-15(16)21/h3-4,6,8-10,12,14,25H,2,5,7,11,13H2,1H3. The third kappa shape index (κ3) is 3.01. The molecule has 1 aromatic carbocycles. The minimum Gasteiger partial charge on any atom is -0.393 e. The lowest BCUT2D eigenvalue weighted by Gasteiger charge is -2.37. The summed E-state index contributed by atoms with van der Waals surface area (Å²) in [6.07, 6.45) is 6.16. The highest BCUT2D eigenvalue weighted by molar-refractivity contribution is 7.99. The Morgan fingerprint density at radius 1 is 1.23 bits per heavy atom. The van der Waals surface area contributed by atoms with Crippen molar-refractivity contribution in [2.24, 2.45) is 0 Å². The van der Waals surface area contributed by atoms with Crippen LogP contribution in [-0.4, -0.2) is 25.8 Å². The fourth-order valence-corrected chi connectivity index (χ4v) is 4.92. The molecule has 4 nitrogen and oxygen atoms in total. The van der Waals surface area contributed by atoms with Crippen LogP contribution in [-0.2, 0) is 5.41 Å². The van der Waals surface area contributed by atoms with Crippen molar-refractivity contribution in [2.45, 2.75) is 60.3 Å². The largest absolute Gasteiger partial charge is 0.393 e. The van der Waals surface area contributed by atoms with E-state index in [1.54, 1.807) is 12.1 Å². The first-order chi connectivity index (χ1) is 12.6. The van der Waals surface area contributed by atoms with Crippen LogP contribution in [0.5, 0.6) is 0 Å². The number of fused-ring (bicyclic) bond motifs is 1. The lowest BCUT2D eigenvalue weighted by atomic mass is 9.70. The van der Waals surface area contributed by atoms with Gasteiger partial charge in [-0.25, -0.2) is 4.39 Å². The molecule has 3 aromatic rings. The molecular weight excluding hydrogens is 349 g/mol. The van der Waals surface area contributed by atoms with Crippen molar-refractivity contribution in [3.05, 3.63) is 54.2 Å². The van der Waals surface area contributed by atoms with Gasteiger partial charge >= 0.3 is 0 Å². The molecule has 0 amide bonds. The summed E-state index contributed by atoms with van der Waals surface area (Å²) in [5.74, 6) is 0.671. The number of pyridine rings is 1. The molecule has 0 bridgehead atoms. The molecule has 1 aliphatic rings. The maximum Gasteiger partial charge on any atom is 0.174 e. The van der Waals surface area contributed by atoms with Crippen molar-refractivity contribution in [2.75, 3.05) is 0 Å². The van der Waals surface area contributed by atoms with E-state index in [1.807, 2.05) is 28.8 Å². The fourth-order valence-electron chi connectivity index (χ4n) is 3.99. The van der Waals surface area contributed by atoms with Gasteiger partial charge in [-0.15, -0.1) is 10.2 Å². The Balaban J connectivity index is 1.77. The van der Waals surface area contributed by atoms with Crippen LogP contribution in [0.1, 0.15) is 44.9 Å². The highest BCUT2D eigenvalue weighted by Gasteiger charge is 2.39. The van der Waals surface area contributed by atoms with E-state index in [2.05, 4.69) is 17.1 Å². The van der Waals surface area contributed by atoms with Crippen LogP contribution in [0.4, 0.5) is 4.39 Å². The summed E-state index contributed by atoms with van der Waals surface area (Å²) in [5.41, 5.74) is 0.585. The summed E-state index contributed by atoms with van der Waals surface area (Å²) in [6, 6.07) is 10.6. The van der Waals surface area contributed by atoms with Gasteiger partial charge in [-0.3, -0.25) is 4.40 Å². The van der Waals surface area contributed by atoms with Gasteiger partial charge in [0.1, 0.15) is 11.6 Å². The second kappa shape index (κ2) is 7.00. The van der Waals surface area contributed by atoms with Crippen molar-refractivity contribution in [1.29, 1.82) is 0 Å². The molecule has 136 valence electrons. The number of nitrogens with zero attached hydrogens (tertiary/aromatic N) is 3. The van der Waals surface area contributed by atoms with Crippen LogP contribution >= 0.6 is 11.8 Å². The summed E-state index contributed by atoms with van der Waals surface area (Å²) < 4.78 is 16.1. The topological polar surface area (TPSA) is 50.4 Å². The summed E-state index contributed by atoms with van der Waals surface area (Å²) in [4.78, 5) is 1.45. The number of rotatable bonds is 4. The quantitative estimate of drug-likeness (QED) is 0.728. The van der Waals surface area contributed by atoms with Gasteiger partial charge in [0, 0.05) is 16.5 Å². The van der Waals surface area contributed by atoms with E-state index in [1.165, 1.54) is 17.8 Å². The fraction of sp³-hybridized carbons (Fsp3) is 0.400. The number of halogens is 1. The Kier molecular flexibility index (Phi) is 4.71. The lowest BCUT2D eigenvalue weighted by molar-refractivity contribution is 0.0785. The third-order valence-corrected chi connectivity index (χ3v) is 6.52. The van der Waals surface area contributed by atoms with E-state index in [0.717, 1.165) is 48.5 Å². The van der Waals surface area contributed by atoms with E-state index in [9.17, 15) is 9.50 Å². The van der Waals surface area contributed by atoms with Crippen LogP contribution in [0, 0.1) is 5.82 Å². The number of aliphatic hydroxyl groups excluding tert-OH is 1. The molecule has 0 aliphatic heterocycles. The van der Waals surface area contributed by atoms with Gasteiger partial charge in [-0.1, -0.05) is 30.8 Å². The van der Waals surface area contributed by atoms with Gasteiger partial charge in [0.05, 0.1) is 11.0 Å². The Bertz CT molecular complexity index is 928. The maximum absolute atomic E-state index is 14.0. The van der Waals surface area contributed by atoms with Crippen LogP contribution in [0.15, 0.2) is 52.4 Å². The highest BCUT2D eigenvalue weighted by Crippen LogP contribution is 2.42. The van der Waals surface area contributed by atoms with Crippen molar-refractivity contribution in [3.63, 3.8) is 0 Å². The second-order valence-corrected chi connectivity index (χ2v) is 8.09. The highest BCUT2D eigenvalue weighted by atomic mass is 32.2. The number of hydrogen-bond donors (Lipinski definition) is 1. The summed E-state index contributed by atoms with van der Waals surface area (Å²) in [6.45, 7) is 2.15. The van der Waals surface area contributed by atoms with Crippen LogP contribution in [0.3, 0.4) is 0 Å². The van der Waals surface area contributed by atoms with Gasteiger partial charge in [0.2, 0.25) is 0 Å². The summed E-state index contributed by atoms with van der Waals surface area (Å²) in [5, 5.41) is 19.2. The molecule has 2 aromatic heterocycles. The predicted molar refractivity (Wildman–Crippen MR) is 100.0 cm³/mol. The molecule has 1 saturated carbocycles. The molecule has 1 aliphatic carbocycles. The Morgan fingerprint density at radius 2 is 2.04 bits per heavy atom. The summed E-state index contributed by atoms with van der Waals surface area (Å²) >= 11 is 1.36. The van der Waals surface area contributed by atoms with Crippen molar-refractivity contribution in [1.82, 2.24) is 14.6 Å². The SMILES string of the molecule is CCC1(c2nnc3c(Sc4ccccc4F)cccn23)CCCC(O)C1. The normalized spacial score (nSPS) is 23.4. The first-order valence-corrected chi connectivity index (χ1v) is 9.89. The number of benzene rings is 1. The van der Waals surface area contributed by atoms with Gasteiger partial charge < -0.3 is 5.11 Å². The molecule has 26 heavy (non-hydrogen) atoms. The first-order valence-electron chi connectivity index (χ1n) is 9.08. The first kappa shape index (κ1) is 17.5. The molecule has 1 fully saturated rings. The van der Waals surface area contributed by atoms with Gasteiger partial charge in [0.25, 0.3) is 0 Å². The average Bonchev–Trinajstić information content (AvgIpc) is 3.09. The van der Waals surface area contributed by atoms with Gasteiger partial charge in [0.15, 0.2) is 5.65 Å². The van der Waals surface area contributed by atoms with Gasteiger partial charge in [-0.05, 0) is 56.4 Å². The number of hydrogen-bond acceptors (Lipinski definition) is 4. The number of aromatic nitrogens is 3. The van der Waals surface area contributed by atoms with E-state index >= 15 is 0 Å². The molecule has 1 N–H and O–H groups in total. The minimum absolute atomic E-state index is 0.154. The molecule has 0 spiro atoms. The molecule has 2 atom stereocenters. The zero-order chi connectivity index (χ0) is 18.1. The van der Waals surface area contributed by atoms with Crippen LogP contribution < -0.4 is 0 Å². The average molecular weight is 371 g/mol. The Labute approximate surface area is 156 Å². The number of aliphatic hydroxyl groups is 1. The van der Waals surface area contributed by atoms with Crippen LogP contribution in [0.2, 0.25) is 0 Å². The van der Waals surface area contributed by atoms with Crippen molar-refractivity contribution >= 4 is 17.4 Å². The third-order valence-electron chi connectivity index (χ3n) is 5.43. The molecule has 0 radical (unpaired) electrons. The zero-order valence-corrected chi connectivity index (χ0v) is 15.5. The van der Waals surface area contributed by atoms with Gasteiger partial charge in [-0.2, -0.15) is 0 Å². The maximum atomic E-state index is 14.0. The molecule has 0 saturated heterocycles. The molecule has 2 heterocycles. The molecule has 4 rings (SSSR count). The van der Waals surface area contributed by atoms with E-state index in [-0.39, 0.29) is 17.3 Å². The Morgan fingerprint density at radius 3 is 2.81 bits per heavy atom. The van der Waals surface area contributed by atoms with E-state index in [4.69, 9.17) is 0 Å². The zero-order valence-electron chi connectivity index (χ0n) is 14.7.